The number of hydrogen-bond donors (Lipinski definition) is 0. The number of thiazole rings is 1. The van der Waals surface area contributed by atoms with Crippen molar-refractivity contribution in [3.8, 4) is 16.3 Å². The van der Waals surface area contributed by atoms with Crippen molar-refractivity contribution >= 4 is 35.0 Å². The number of hydrogen-bond acceptors (Lipinski definition) is 6. The normalized spacial score (nSPS) is 13.9. The van der Waals surface area contributed by atoms with Crippen LogP contribution in [0.4, 0.5) is 0 Å². The Kier molecular flexibility index (Phi) is 6.20. The quantitative estimate of drug-likeness (QED) is 0.431. The Morgan fingerprint density at radius 2 is 1.70 bits per heavy atom. The number of aryl methyl sites for hydroxylation is 2. The lowest BCUT2D eigenvalue weighted by Crippen LogP contribution is -2.38. The summed E-state index contributed by atoms with van der Waals surface area (Å²) in [5, 5.41) is 2.45. The van der Waals surface area contributed by atoms with Gasteiger partial charge in [0.1, 0.15) is 10.8 Å². The number of aromatic nitrogens is 1. The number of amides is 1. The first-order chi connectivity index (χ1) is 14.5. The standard InChI is InChI=1S/C23H22N2O3S2/c1-15-3-6-17(7-4-15)21-24-19(14-30-21)23(27)28-20-8-5-16(2)13-18(20)22(26)25-9-11-29-12-10-25/h3-8,13-14H,9-12H2,1-2H3. The highest BCUT2D eigenvalue weighted by atomic mass is 32.2. The molecule has 1 aromatic heterocycles. The molecule has 5 nitrogen and oxygen atoms in total. The van der Waals surface area contributed by atoms with Crippen LogP contribution in [0.1, 0.15) is 32.0 Å². The van der Waals surface area contributed by atoms with Crippen LogP contribution in [-0.2, 0) is 0 Å². The lowest BCUT2D eigenvalue weighted by molar-refractivity contribution is 0.0716. The molecule has 3 aromatic rings. The van der Waals surface area contributed by atoms with Crippen molar-refractivity contribution in [2.45, 2.75) is 13.8 Å². The third kappa shape index (κ3) is 4.57. The molecule has 154 valence electrons. The summed E-state index contributed by atoms with van der Waals surface area (Å²) >= 11 is 3.23. The highest BCUT2D eigenvalue weighted by Crippen LogP contribution is 2.27. The molecule has 1 saturated heterocycles. The number of esters is 1. The minimum Gasteiger partial charge on any atom is -0.421 e. The van der Waals surface area contributed by atoms with E-state index in [0.29, 0.717) is 18.7 Å². The van der Waals surface area contributed by atoms with Gasteiger partial charge in [-0.3, -0.25) is 4.79 Å². The number of carbonyl (C=O) groups is 2. The second-order valence-electron chi connectivity index (χ2n) is 7.20. The molecule has 0 saturated carbocycles. The topological polar surface area (TPSA) is 59.5 Å². The fourth-order valence-corrected chi connectivity index (χ4v) is 4.88. The summed E-state index contributed by atoms with van der Waals surface area (Å²) in [6, 6.07) is 13.3. The Balaban J connectivity index is 1.55. The average molecular weight is 439 g/mol. The summed E-state index contributed by atoms with van der Waals surface area (Å²) in [6.07, 6.45) is 0. The van der Waals surface area contributed by atoms with Gasteiger partial charge in [-0.2, -0.15) is 11.8 Å². The van der Waals surface area contributed by atoms with E-state index >= 15 is 0 Å². The van der Waals surface area contributed by atoms with Gasteiger partial charge < -0.3 is 9.64 Å². The SMILES string of the molecule is Cc1ccc(-c2nc(C(=O)Oc3ccc(C)cc3C(=O)N3CCSCC3)cs2)cc1. The van der Waals surface area contributed by atoms with E-state index < -0.39 is 5.97 Å². The molecular weight excluding hydrogens is 416 g/mol. The van der Waals surface area contributed by atoms with Gasteiger partial charge in [-0.15, -0.1) is 11.3 Å². The van der Waals surface area contributed by atoms with Gasteiger partial charge in [0.15, 0.2) is 5.69 Å². The van der Waals surface area contributed by atoms with Gasteiger partial charge in [0.25, 0.3) is 5.91 Å². The third-order valence-electron chi connectivity index (χ3n) is 4.88. The monoisotopic (exact) mass is 438 g/mol. The summed E-state index contributed by atoms with van der Waals surface area (Å²) in [7, 11) is 0. The molecule has 0 spiro atoms. The number of nitrogens with zero attached hydrogens (tertiary/aromatic N) is 2. The first kappa shape index (κ1) is 20.6. The molecule has 1 amide bonds. The molecule has 2 heterocycles. The molecule has 1 aliphatic rings. The maximum absolute atomic E-state index is 13.0. The Morgan fingerprint density at radius 3 is 2.43 bits per heavy atom. The van der Waals surface area contributed by atoms with Gasteiger partial charge in [-0.1, -0.05) is 41.5 Å². The van der Waals surface area contributed by atoms with E-state index in [4.69, 9.17) is 4.74 Å². The lowest BCUT2D eigenvalue weighted by Gasteiger charge is -2.27. The van der Waals surface area contributed by atoms with E-state index in [1.54, 1.807) is 17.5 Å². The summed E-state index contributed by atoms with van der Waals surface area (Å²) in [4.78, 5) is 32.0. The molecule has 1 aliphatic heterocycles. The van der Waals surface area contributed by atoms with Crippen LogP contribution in [0.5, 0.6) is 5.75 Å². The van der Waals surface area contributed by atoms with Crippen molar-refractivity contribution in [3.63, 3.8) is 0 Å². The molecule has 1 fully saturated rings. The second kappa shape index (κ2) is 9.02. The highest BCUT2D eigenvalue weighted by molar-refractivity contribution is 7.99. The molecule has 0 atom stereocenters. The van der Waals surface area contributed by atoms with E-state index in [2.05, 4.69) is 4.98 Å². The molecule has 0 bridgehead atoms. The largest absolute Gasteiger partial charge is 0.421 e. The summed E-state index contributed by atoms with van der Waals surface area (Å²) in [5.41, 5.74) is 3.73. The third-order valence-corrected chi connectivity index (χ3v) is 6.71. The van der Waals surface area contributed by atoms with Crippen LogP contribution in [0.15, 0.2) is 47.8 Å². The average Bonchev–Trinajstić information content (AvgIpc) is 3.26. The lowest BCUT2D eigenvalue weighted by atomic mass is 10.1. The van der Waals surface area contributed by atoms with E-state index in [-0.39, 0.29) is 17.4 Å². The molecule has 7 heteroatoms. The van der Waals surface area contributed by atoms with Gasteiger partial charge in [-0.25, -0.2) is 9.78 Å². The molecule has 30 heavy (non-hydrogen) atoms. The van der Waals surface area contributed by atoms with Crippen LogP contribution in [-0.4, -0.2) is 46.4 Å². The van der Waals surface area contributed by atoms with Crippen molar-refractivity contribution in [2.75, 3.05) is 24.6 Å². The number of carbonyl (C=O) groups excluding carboxylic acids is 2. The second-order valence-corrected chi connectivity index (χ2v) is 9.28. The van der Waals surface area contributed by atoms with Crippen LogP contribution in [0.2, 0.25) is 0 Å². The maximum atomic E-state index is 13.0. The maximum Gasteiger partial charge on any atom is 0.363 e. The van der Waals surface area contributed by atoms with Crippen LogP contribution >= 0.6 is 23.1 Å². The van der Waals surface area contributed by atoms with Crippen molar-refractivity contribution in [2.24, 2.45) is 0 Å². The Hall–Kier alpha value is -2.64. The fraction of sp³-hybridized carbons (Fsp3) is 0.261. The van der Waals surface area contributed by atoms with Gasteiger partial charge in [-0.05, 0) is 26.0 Å². The van der Waals surface area contributed by atoms with Crippen molar-refractivity contribution < 1.29 is 14.3 Å². The first-order valence-corrected chi connectivity index (χ1v) is 11.8. The van der Waals surface area contributed by atoms with Gasteiger partial charge in [0.05, 0.1) is 5.56 Å². The van der Waals surface area contributed by atoms with Gasteiger partial charge in [0, 0.05) is 35.5 Å². The summed E-state index contributed by atoms with van der Waals surface area (Å²) in [5.74, 6) is 1.47. The first-order valence-electron chi connectivity index (χ1n) is 9.74. The van der Waals surface area contributed by atoms with Gasteiger partial charge in [0.2, 0.25) is 0 Å². The smallest absolute Gasteiger partial charge is 0.363 e. The van der Waals surface area contributed by atoms with E-state index in [1.807, 2.05) is 60.8 Å². The Labute approximate surface area is 184 Å². The fourth-order valence-electron chi connectivity index (χ4n) is 3.19. The highest BCUT2D eigenvalue weighted by Gasteiger charge is 2.24. The molecule has 4 rings (SSSR count). The van der Waals surface area contributed by atoms with Crippen LogP contribution in [0.25, 0.3) is 10.6 Å². The molecular formula is C23H22N2O3S2. The molecule has 0 aliphatic carbocycles. The number of rotatable bonds is 4. The summed E-state index contributed by atoms with van der Waals surface area (Å²) < 4.78 is 5.62. The minimum absolute atomic E-state index is 0.0968. The zero-order valence-corrected chi connectivity index (χ0v) is 18.5. The predicted molar refractivity (Wildman–Crippen MR) is 122 cm³/mol. The Bertz CT molecular complexity index is 1070. The molecule has 0 radical (unpaired) electrons. The van der Waals surface area contributed by atoms with Crippen molar-refractivity contribution in [1.29, 1.82) is 0 Å². The Morgan fingerprint density at radius 1 is 1.00 bits per heavy atom. The minimum atomic E-state index is -0.559. The van der Waals surface area contributed by atoms with E-state index in [9.17, 15) is 9.59 Å². The van der Waals surface area contributed by atoms with Crippen molar-refractivity contribution in [1.82, 2.24) is 9.88 Å². The zero-order valence-electron chi connectivity index (χ0n) is 16.9. The van der Waals surface area contributed by atoms with Crippen LogP contribution in [0, 0.1) is 13.8 Å². The van der Waals surface area contributed by atoms with Crippen molar-refractivity contribution in [3.05, 3.63) is 70.2 Å². The molecule has 0 unspecified atom stereocenters. The van der Waals surface area contributed by atoms with Crippen LogP contribution in [0.3, 0.4) is 0 Å². The van der Waals surface area contributed by atoms with Crippen LogP contribution < -0.4 is 4.74 Å². The molecule has 0 N–H and O–H groups in total. The summed E-state index contributed by atoms with van der Waals surface area (Å²) in [6.45, 7) is 5.36. The number of ether oxygens (including phenoxy) is 1. The van der Waals surface area contributed by atoms with E-state index in [1.165, 1.54) is 16.9 Å². The molecule has 2 aromatic carbocycles. The van der Waals surface area contributed by atoms with E-state index in [0.717, 1.165) is 27.6 Å². The van der Waals surface area contributed by atoms with Gasteiger partial charge >= 0.3 is 5.97 Å². The number of thioether (sulfide) groups is 1. The predicted octanol–water partition coefficient (Wildman–Crippen LogP) is 4.84. The zero-order chi connectivity index (χ0) is 21.1. The number of benzene rings is 2.